The van der Waals surface area contributed by atoms with Crippen LogP contribution in [-0.2, 0) is 7.05 Å². The molecule has 110 valence electrons. The molecular weight excluding hydrogens is 280 g/mol. The summed E-state index contributed by atoms with van der Waals surface area (Å²) >= 11 is 1.70. The second-order valence-corrected chi connectivity index (χ2v) is 6.50. The van der Waals surface area contributed by atoms with Crippen molar-refractivity contribution in [3.8, 4) is 0 Å². The fraction of sp³-hybridized carbons (Fsp3) is 0.375. The van der Waals surface area contributed by atoms with Gasteiger partial charge in [-0.05, 0) is 31.9 Å². The standard InChI is InChI=1S/C16H20N4S/c1-13-12-19(2)16(21-13)18-15(20-10-6-7-11-20)17-14-8-4-3-5-9-14/h3-5,8-9,12H,6-7,10-11H2,1-2H3. The number of likely N-dealkylation sites (tertiary alicyclic amines) is 1. The average molecular weight is 300 g/mol. The Balaban J connectivity index is 2.02. The second kappa shape index (κ2) is 6.26. The smallest absolute Gasteiger partial charge is 0.228 e. The van der Waals surface area contributed by atoms with Crippen LogP contribution < -0.4 is 4.80 Å². The number of hydrogen-bond donors (Lipinski definition) is 0. The van der Waals surface area contributed by atoms with Gasteiger partial charge in [-0.25, -0.2) is 4.99 Å². The maximum Gasteiger partial charge on any atom is 0.228 e. The lowest BCUT2D eigenvalue weighted by Crippen LogP contribution is -2.28. The Bertz CT molecular complexity index is 691. The lowest BCUT2D eigenvalue weighted by Gasteiger charge is -2.15. The van der Waals surface area contributed by atoms with E-state index >= 15 is 0 Å². The lowest BCUT2D eigenvalue weighted by atomic mass is 10.3. The second-order valence-electron chi connectivity index (χ2n) is 5.29. The van der Waals surface area contributed by atoms with Gasteiger partial charge in [0, 0.05) is 31.2 Å². The first-order chi connectivity index (χ1) is 10.2. The third-order valence-electron chi connectivity index (χ3n) is 3.50. The molecule has 0 spiro atoms. The molecular formula is C16H20N4S. The molecule has 1 saturated heterocycles. The molecule has 1 fully saturated rings. The van der Waals surface area contributed by atoms with E-state index in [1.807, 2.05) is 37.4 Å². The Morgan fingerprint density at radius 1 is 1.14 bits per heavy atom. The van der Waals surface area contributed by atoms with Gasteiger partial charge in [0.1, 0.15) is 0 Å². The van der Waals surface area contributed by atoms with Crippen LogP contribution >= 0.6 is 11.3 Å². The molecule has 2 heterocycles. The predicted octanol–water partition coefficient (Wildman–Crippen LogP) is 3.08. The number of thiazole rings is 1. The molecule has 3 rings (SSSR count). The van der Waals surface area contributed by atoms with E-state index in [2.05, 4.69) is 22.6 Å². The highest BCUT2D eigenvalue weighted by molar-refractivity contribution is 7.09. The molecule has 1 aromatic carbocycles. The molecule has 1 aromatic heterocycles. The summed E-state index contributed by atoms with van der Waals surface area (Å²) in [5.41, 5.74) is 0.957. The zero-order valence-electron chi connectivity index (χ0n) is 12.5. The zero-order chi connectivity index (χ0) is 14.7. The Morgan fingerprint density at radius 3 is 2.48 bits per heavy atom. The van der Waals surface area contributed by atoms with Gasteiger partial charge < -0.3 is 9.47 Å². The van der Waals surface area contributed by atoms with Crippen LogP contribution in [0.1, 0.15) is 17.7 Å². The van der Waals surface area contributed by atoms with Gasteiger partial charge >= 0.3 is 0 Å². The largest absolute Gasteiger partial charge is 0.341 e. The number of para-hydroxylation sites is 1. The normalized spacial score (nSPS) is 16.8. The Kier molecular flexibility index (Phi) is 4.20. The molecule has 2 aromatic rings. The number of nitrogens with zero attached hydrogens (tertiary/aromatic N) is 4. The van der Waals surface area contributed by atoms with Gasteiger partial charge in [-0.3, -0.25) is 0 Å². The molecule has 0 bridgehead atoms. The number of benzene rings is 1. The van der Waals surface area contributed by atoms with Crippen LogP contribution in [0.15, 0.2) is 46.5 Å². The Morgan fingerprint density at radius 2 is 1.86 bits per heavy atom. The molecule has 1 aliphatic rings. The lowest BCUT2D eigenvalue weighted by molar-refractivity contribution is 0.512. The monoisotopic (exact) mass is 300 g/mol. The summed E-state index contributed by atoms with van der Waals surface area (Å²) < 4.78 is 2.07. The maximum atomic E-state index is 4.81. The average Bonchev–Trinajstić information content (AvgIpc) is 3.10. The first-order valence-electron chi connectivity index (χ1n) is 7.29. The van der Waals surface area contributed by atoms with Crippen LogP contribution in [-0.4, -0.2) is 28.5 Å². The summed E-state index contributed by atoms with van der Waals surface area (Å²) in [5.74, 6) is 0.830. The summed E-state index contributed by atoms with van der Waals surface area (Å²) in [6, 6.07) is 10.1. The van der Waals surface area contributed by atoms with Crippen LogP contribution in [0, 0.1) is 6.92 Å². The highest BCUT2D eigenvalue weighted by Gasteiger charge is 2.16. The first-order valence-corrected chi connectivity index (χ1v) is 8.10. The van der Waals surface area contributed by atoms with Gasteiger partial charge in [-0.1, -0.05) is 18.2 Å². The third-order valence-corrected chi connectivity index (χ3v) is 4.49. The van der Waals surface area contributed by atoms with Gasteiger partial charge in [0.15, 0.2) is 4.80 Å². The van der Waals surface area contributed by atoms with Gasteiger partial charge in [-0.15, -0.1) is 11.3 Å². The Hall–Kier alpha value is -1.88. The fourth-order valence-electron chi connectivity index (χ4n) is 2.46. The van der Waals surface area contributed by atoms with E-state index in [9.17, 15) is 0 Å². The van der Waals surface area contributed by atoms with Crippen molar-refractivity contribution in [2.75, 3.05) is 13.1 Å². The van der Waals surface area contributed by atoms with Crippen molar-refractivity contribution in [2.24, 2.45) is 17.0 Å². The van der Waals surface area contributed by atoms with Gasteiger partial charge in [0.25, 0.3) is 0 Å². The van der Waals surface area contributed by atoms with Gasteiger partial charge in [0.2, 0.25) is 5.96 Å². The zero-order valence-corrected chi connectivity index (χ0v) is 13.3. The van der Waals surface area contributed by atoms with Crippen molar-refractivity contribution in [3.05, 3.63) is 46.2 Å². The highest BCUT2D eigenvalue weighted by atomic mass is 32.1. The molecule has 0 saturated carbocycles. The molecule has 0 N–H and O–H groups in total. The number of hydrogen-bond acceptors (Lipinski definition) is 2. The molecule has 21 heavy (non-hydrogen) atoms. The van der Waals surface area contributed by atoms with Crippen LogP contribution in [0.25, 0.3) is 0 Å². The third kappa shape index (κ3) is 3.42. The number of aliphatic imine (C=N–C) groups is 1. The van der Waals surface area contributed by atoms with Crippen molar-refractivity contribution in [3.63, 3.8) is 0 Å². The van der Waals surface area contributed by atoms with E-state index in [0.717, 1.165) is 29.5 Å². The van der Waals surface area contributed by atoms with Crippen LogP contribution in [0.5, 0.6) is 0 Å². The van der Waals surface area contributed by atoms with Crippen molar-refractivity contribution in [1.82, 2.24) is 9.47 Å². The number of rotatable bonds is 1. The van der Waals surface area contributed by atoms with Crippen LogP contribution in [0.2, 0.25) is 0 Å². The SMILES string of the molecule is Cc1cn(C)c(=NC(=Nc2ccccc2)N2CCCC2)s1. The van der Waals surface area contributed by atoms with E-state index in [4.69, 9.17) is 9.98 Å². The molecule has 0 unspecified atom stereocenters. The molecule has 0 aliphatic carbocycles. The molecule has 0 amide bonds. The van der Waals surface area contributed by atoms with Gasteiger partial charge in [-0.2, -0.15) is 4.99 Å². The molecule has 0 radical (unpaired) electrons. The molecule has 0 atom stereocenters. The van der Waals surface area contributed by atoms with Crippen molar-refractivity contribution < 1.29 is 0 Å². The van der Waals surface area contributed by atoms with Gasteiger partial charge in [0.05, 0.1) is 5.69 Å². The van der Waals surface area contributed by atoms with E-state index in [1.165, 1.54) is 17.7 Å². The summed E-state index contributed by atoms with van der Waals surface area (Å²) in [6.45, 7) is 4.19. The predicted molar refractivity (Wildman–Crippen MR) is 87.9 cm³/mol. The van der Waals surface area contributed by atoms with Crippen LogP contribution in [0.4, 0.5) is 5.69 Å². The van der Waals surface area contributed by atoms with Crippen LogP contribution in [0.3, 0.4) is 0 Å². The van der Waals surface area contributed by atoms with E-state index < -0.39 is 0 Å². The van der Waals surface area contributed by atoms with Crippen molar-refractivity contribution in [2.45, 2.75) is 19.8 Å². The summed E-state index contributed by atoms with van der Waals surface area (Å²) in [5, 5.41) is 0. The quantitative estimate of drug-likeness (QED) is 0.588. The number of aryl methyl sites for hydroxylation is 2. The topological polar surface area (TPSA) is 32.9 Å². The fourth-order valence-corrected chi connectivity index (χ4v) is 3.28. The Labute approximate surface area is 129 Å². The maximum absolute atomic E-state index is 4.81. The number of guanidine groups is 1. The highest BCUT2D eigenvalue weighted by Crippen LogP contribution is 2.15. The summed E-state index contributed by atoms with van der Waals surface area (Å²) in [6.07, 6.45) is 4.55. The number of aromatic nitrogens is 1. The summed E-state index contributed by atoms with van der Waals surface area (Å²) in [7, 11) is 2.03. The van der Waals surface area contributed by atoms with E-state index in [-0.39, 0.29) is 0 Å². The van der Waals surface area contributed by atoms with E-state index in [1.54, 1.807) is 11.3 Å². The minimum Gasteiger partial charge on any atom is -0.341 e. The van der Waals surface area contributed by atoms with Crippen molar-refractivity contribution in [1.29, 1.82) is 0 Å². The van der Waals surface area contributed by atoms with Crippen molar-refractivity contribution >= 4 is 23.0 Å². The molecule has 4 nitrogen and oxygen atoms in total. The molecule has 1 aliphatic heterocycles. The van der Waals surface area contributed by atoms with E-state index in [0.29, 0.717) is 0 Å². The minimum absolute atomic E-state index is 0.830. The summed E-state index contributed by atoms with van der Waals surface area (Å²) in [4.78, 5) is 14.1. The first kappa shape index (κ1) is 14.1. The minimum atomic E-state index is 0.830. The molecule has 5 heteroatoms.